The number of carbonyl (C=O) groups excluding carboxylic acids is 1. The van der Waals surface area contributed by atoms with Gasteiger partial charge in [0.05, 0.1) is 11.3 Å². The molecule has 1 amide bonds. The number of halogens is 2. The highest BCUT2D eigenvalue weighted by Crippen LogP contribution is 2.29. The fourth-order valence-corrected chi connectivity index (χ4v) is 4.12. The Morgan fingerprint density at radius 3 is 2.52 bits per heavy atom. The topological polar surface area (TPSA) is 54.0 Å². The van der Waals surface area contributed by atoms with Crippen LogP contribution in [0.25, 0.3) is 11.3 Å². The van der Waals surface area contributed by atoms with Gasteiger partial charge in [-0.25, -0.2) is 4.98 Å². The quantitative estimate of drug-likeness (QED) is 0.314. The van der Waals surface area contributed by atoms with Crippen molar-refractivity contribution in [1.29, 1.82) is 0 Å². The molecule has 29 heavy (non-hydrogen) atoms. The Balaban J connectivity index is 1.45. The van der Waals surface area contributed by atoms with Crippen LogP contribution in [0, 0.1) is 0 Å². The lowest BCUT2D eigenvalue weighted by Gasteiger charge is -2.07. The van der Waals surface area contributed by atoms with E-state index in [9.17, 15) is 4.79 Å². The van der Waals surface area contributed by atoms with Crippen LogP contribution >= 0.6 is 38.9 Å². The number of carbonyl (C=O) groups is 1. The molecule has 0 radical (unpaired) electrons. The molecule has 3 aromatic carbocycles. The molecule has 7 heteroatoms. The van der Waals surface area contributed by atoms with Gasteiger partial charge in [-0.1, -0.05) is 41.9 Å². The standard InChI is InChI=1S/C22H15BrClN3OS/c23-19-7-2-1-6-18(19)21(28)25-16-10-8-14(9-11-16)20-13-29-22(27-20)26-17-5-3-4-15(24)12-17/h1-13H,(H,25,28)(H,26,27). The van der Waals surface area contributed by atoms with Gasteiger partial charge in [0.15, 0.2) is 5.13 Å². The lowest BCUT2D eigenvalue weighted by Crippen LogP contribution is -2.12. The average Bonchev–Trinajstić information content (AvgIpc) is 3.17. The summed E-state index contributed by atoms with van der Waals surface area (Å²) >= 11 is 10.9. The van der Waals surface area contributed by atoms with Crippen LogP contribution in [-0.4, -0.2) is 10.9 Å². The summed E-state index contributed by atoms with van der Waals surface area (Å²) in [4.78, 5) is 17.0. The van der Waals surface area contributed by atoms with Gasteiger partial charge in [-0.05, 0) is 58.4 Å². The van der Waals surface area contributed by atoms with Gasteiger partial charge in [0.2, 0.25) is 0 Å². The largest absolute Gasteiger partial charge is 0.331 e. The minimum absolute atomic E-state index is 0.160. The highest BCUT2D eigenvalue weighted by atomic mass is 79.9. The Labute approximate surface area is 185 Å². The monoisotopic (exact) mass is 483 g/mol. The van der Waals surface area contributed by atoms with Crippen LogP contribution in [0.3, 0.4) is 0 Å². The second-order valence-electron chi connectivity index (χ2n) is 6.18. The summed E-state index contributed by atoms with van der Waals surface area (Å²) in [5.74, 6) is -0.160. The second kappa shape index (κ2) is 8.78. The van der Waals surface area contributed by atoms with Crippen molar-refractivity contribution < 1.29 is 4.79 Å². The van der Waals surface area contributed by atoms with Crippen molar-refractivity contribution in [3.8, 4) is 11.3 Å². The fourth-order valence-electron chi connectivity index (χ4n) is 2.72. The number of benzene rings is 3. The smallest absolute Gasteiger partial charge is 0.256 e. The molecule has 0 aliphatic heterocycles. The first-order chi connectivity index (χ1) is 14.1. The average molecular weight is 485 g/mol. The maximum Gasteiger partial charge on any atom is 0.256 e. The molecule has 0 fully saturated rings. The van der Waals surface area contributed by atoms with Crippen molar-refractivity contribution in [2.45, 2.75) is 0 Å². The van der Waals surface area contributed by atoms with E-state index in [1.165, 1.54) is 11.3 Å². The Hall–Kier alpha value is -2.67. The Bertz CT molecular complexity index is 1160. The van der Waals surface area contributed by atoms with Crippen LogP contribution in [0.1, 0.15) is 10.4 Å². The molecule has 0 aliphatic carbocycles. The van der Waals surface area contributed by atoms with E-state index < -0.39 is 0 Å². The zero-order valence-corrected chi connectivity index (χ0v) is 18.2. The van der Waals surface area contributed by atoms with E-state index in [-0.39, 0.29) is 5.91 Å². The van der Waals surface area contributed by atoms with Gasteiger partial charge in [-0.3, -0.25) is 4.79 Å². The minimum Gasteiger partial charge on any atom is -0.331 e. The first-order valence-corrected chi connectivity index (χ1v) is 10.8. The molecule has 0 spiro atoms. The van der Waals surface area contributed by atoms with E-state index in [2.05, 4.69) is 31.5 Å². The van der Waals surface area contributed by atoms with Gasteiger partial charge < -0.3 is 10.6 Å². The predicted octanol–water partition coefficient (Wildman–Crippen LogP) is 7.22. The van der Waals surface area contributed by atoms with Crippen molar-refractivity contribution in [3.05, 3.63) is 93.2 Å². The molecule has 4 nitrogen and oxygen atoms in total. The molecular formula is C22H15BrClN3OS. The van der Waals surface area contributed by atoms with Gasteiger partial charge in [-0.15, -0.1) is 11.3 Å². The molecule has 0 atom stereocenters. The lowest BCUT2D eigenvalue weighted by molar-refractivity contribution is 0.102. The summed E-state index contributed by atoms with van der Waals surface area (Å²) in [5.41, 5.74) is 4.04. The van der Waals surface area contributed by atoms with Crippen molar-refractivity contribution in [2.75, 3.05) is 10.6 Å². The molecule has 0 aliphatic rings. The van der Waals surface area contributed by atoms with Crippen LogP contribution in [0.2, 0.25) is 5.02 Å². The molecule has 4 aromatic rings. The van der Waals surface area contributed by atoms with Gasteiger partial charge in [0, 0.05) is 31.8 Å². The molecule has 0 saturated carbocycles. The SMILES string of the molecule is O=C(Nc1ccc(-c2csc(Nc3cccc(Cl)c3)n2)cc1)c1ccccc1Br. The summed E-state index contributed by atoms with van der Waals surface area (Å²) in [6, 6.07) is 22.5. The number of hydrogen-bond acceptors (Lipinski definition) is 4. The second-order valence-corrected chi connectivity index (χ2v) is 8.33. The summed E-state index contributed by atoms with van der Waals surface area (Å²) in [7, 11) is 0. The number of anilines is 3. The van der Waals surface area contributed by atoms with Gasteiger partial charge >= 0.3 is 0 Å². The molecule has 4 rings (SSSR count). The van der Waals surface area contributed by atoms with E-state index in [0.717, 1.165) is 32.2 Å². The maximum atomic E-state index is 12.4. The molecule has 0 unspecified atom stereocenters. The van der Waals surface area contributed by atoms with E-state index in [1.54, 1.807) is 6.07 Å². The maximum absolute atomic E-state index is 12.4. The molecule has 2 N–H and O–H groups in total. The Kier molecular flexibility index (Phi) is 5.94. The summed E-state index contributed by atoms with van der Waals surface area (Å²) in [6.07, 6.45) is 0. The van der Waals surface area contributed by atoms with E-state index in [0.29, 0.717) is 10.6 Å². The van der Waals surface area contributed by atoms with Gasteiger partial charge in [0.1, 0.15) is 0 Å². The lowest BCUT2D eigenvalue weighted by atomic mass is 10.1. The number of nitrogens with one attached hydrogen (secondary N) is 2. The van der Waals surface area contributed by atoms with Crippen LogP contribution in [-0.2, 0) is 0 Å². The third-order valence-corrected chi connectivity index (χ3v) is 5.82. The van der Waals surface area contributed by atoms with Gasteiger partial charge in [-0.2, -0.15) is 0 Å². The Morgan fingerprint density at radius 2 is 1.76 bits per heavy atom. The molecular weight excluding hydrogens is 470 g/mol. The number of rotatable bonds is 5. The third kappa shape index (κ3) is 4.85. The number of aromatic nitrogens is 1. The molecule has 1 aromatic heterocycles. The highest BCUT2D eigenvalue weighted by Gasteiger charge is 2.10. The Morgan fingerprint density at radius 1 is 0.966 bits per heavy atom. The molecule has 1 heterocycles. The first-order valence-electron chi connectivity index (χ1n) is 8.73. The highest BCUT2D eigenvalue weighted by molar-refractivity contribution is 9.10. The van der Waals surface area contributed by atoms with Crippen molar-refractivity contribution >= 4 is 61.3 Å². The molecule has 0 saturated heterocycles. The third-order valence-electron chi connectivity index (χ3n) is 4.14. The number of hydrogen-bond donors (Lipinski definition) is 2. The first kappa shape index (κ1) is 19.6. The minimum atomic E-state index is -0.160. The van der Waals surface area contributed by atoms with Crippen LogP contribution in [0.15, 0.2) is 82.6 Å². The van der Waals surface area contributed by atoms with E-state index in [1.807, 2.05) is 72.1 Å². The van der Waals surface area contributed by atoms with Crippen molar-refractivity contribution in [3.63, 3.8) is 0 Å². The number of amides is 1. The summed E-state index contributed by atoms with van der Waals surface area (Å²) in [5, 5.41) is 9.61. The van der Waals surface area contributed by atoms with Crippen molar-refractivity contribution in [2.24, 2.45) is 0 Å². The number of nitrogens with zero attached hydrogens (tertiary/aromatic N) is 1. The summed E-state index contributed by atoms with van der Waals surface area (Å²) in [6.45, 7) is 0. The van der Waals surface area contributed by atoms with Crippen molar-refractivity contribution in [1.82, 2.24) is 4.98 Å². The van der Waals surface area contributed by atoms with Crippen LogP contribution in [0.4, 0.5) is 16.5 Å². The molecule has 0 bridgehead atoms. The van der Waals surface area contributed by atoms with Crippen LogP contribution < -0.4 is 10.6 Å². The molecule has 144 valence electrons. The zero-order chi connectivity index (χ0) is 20.2. The number of thiazole rings is 1. The predicted molar refractivity (Wildman–Crippen MR) is 124 cm³/mol. The van der Waals surface area contributed by atoms with E-state index in [4.69, 9.17) is 11.6 Å². The van der Waals surface area contributed by atoms with Gasteiger partial charge in [0.25, 0.3) is 5.91 Å². The summed E-state index contributed by atoms with van der Waals surface area (Å²) < 4.78 is 0.760. The zero-order valence-electron chi connectivity index (χ0n) is 15.0. The van der Waals surface area contributed by atoms with E-state index >= 15 is 0 Å². The fraction of sp³-hybridized carbons (Fsp3) is 0. The normalized spacial score (nSPS) is 10.6. The van der Waals surface area contributed by atoms with Crippen LogP contribution in [0.5, 0.6) is 0 Å².